The second-order valence-electron chi connectivity index (χ2n) is 5.81. The number of rotatable bonds is 6. The minimum Gasteiger partial charge on any atom is -0.478 e. The van der Waals surface area contributed by atoms with Crippen LogP contribution in [0.2, 0.25) is 0 Å². The molecule has 0 fully saturated rings. The molecule has 0 radical (unpaired) electrons. The fourth-order valence-electron chi connectivity index (χ4n) is 2.41. The van der Waals surface area contributed by atoms with Crippen LogP contribution in [0.15, 0.2) is 83.8 Å². The molecule has 0 saturated heterocycles. The Balaban J connectivity index is 1.84. The number of carboxylic acid groups (broad SMARTS) is 1. The number of hydrogen-bond acceptors (Lipinski definition) is 5. The third-order valence-corrected chi connectivity index (χ3v) is 4.98. The molecule has 0 aliphatic rings. The smallest absolute Gasteiger partial charge is 0.339 e. The number of para-hydroxylation sites is 1. The summed E-state index contributed by atoms with van der Waals surface area (Å²) in [5.41, 5.74) is 0.343. The molecular formula is C20H16N2O6S. The highest BCUT2D eigenvalue weighted by Gasteiger charge is 2.21. The molecule has 0 aliphatic heterocycles. The van der Waals surface area contributed by atoms with Crippen molar-refractivity contribution in [3.63, 3.8) is 0 Å². The van der Waals surface area contributed by atoms with Gasteiger partial charge in [0.05, 0.1) is 0 Å². The van der Waals surface area contributed by atoms with Crippen molar-refractivity contribution in [1.82, 2.24) is 0 Å². The highest BCUT2D eigenvalue weighted by Crippen LogP contribution is 2.27. The number of carbonyl (C=O) groups excluding carboxylic acids is 1. The molecular weight excluding hydrogens is 396 g/mol. The third kappa shape index (κ3) is 5.11. The maximum Gasteiger partial charge on any atom is 0.339 e. The highest BCUT2D eigenvalue weighted by atomic mass is 32.2. The Labute approximate surface area is 166 Å². The van der Waals surface area contributed by atoms with Crippen molar-refractivity contribution in [2.24, 2.45) is 0 Å². The van der Waals surface area contributed by atoms with E-state index in [1.807, 2.05) is 0 Å². The molecule has 0 unspecified atom stereocenters. The Kier molecular flexibility index (Phi) is 5.79. The first-order chi connectivity index (χ1) is 13.8. The van der Waals surface area contributed by atoms with Gasteiger partial charge in [-0.2, -0.15) is 8.42 Å². The van der Waals surface area contributed by atoms with Crippen LogP contribution in [-0.2, 0) is 10.1 Å². The van der Waals surface area contributed by atoms with Gasteiger partial charge in [-0.25, -0.2) is 9.59 Å². The molecule has 0 bridgehead atoms. The van der Waals surface area contributed by atoms with Crippen LogP contribution in [0, 0.1) is 0 Å². The maximum absolute atomic E-state index is 12.4. The van der Waals surface area contributed by atoms with Crippen LogP contribution in [0.3, 0.4) is 0 Å². The normalized spacial score (nSPS) is 10.8. The van der Waals surface area contributed by atoms with Crippen molar-refractivity contribution in [2.75, 3.05) is 10.6 Å². The Bertz CT molecular complexity index is 1130. The molecule has 8 nitrogen and oxygen atoms in total. The average molecular weight is 412 g/mol. The van der Waals surface area contributed by atoms with E-state index in [1.54, 1.807) is 36.4 Å². The van der Waals surface area contributed by atoms with Crippen LogP contribution in [0.25, 0.3) is 0 Å². The Hall–Kier alpha value is -3.85. The molecule has 3 aromatic rings. The highest BCUT2D eigenvalue weighted by molar-refractivity contribution is 7.87. The van der Waals surface area contributed by atoms with Gasteiger partial charge in [-0.1, -0.05) is 36.4 Å². The predicted molar refractivity (Wildman–Crippen MR) is 107 cm³/mol. The standard InChI is InChI=1S/C20H16N2O6S/c23-19(24)17-12-11-15(22-20(25)21-14-7-3-1-4-8-14)13-18(17)28-29(26,27)16-9-5-2-6-10-16/h1-13H,(H,23,24)(H2,21,22,25). The first-order valence-electron chi connectivity index (χ1n) is 8.35. The first kappa shape index (κ1) is 19.9. The van der Waals surface area contributed by atoms with E-state index >= 15 is 0 Å². The lowest BCUT2D eigenvalue weighted by Crippen LogP contribution is -2.19. The fourth-order valence-corrected chi connectivity index (χ4v) is 3.38. The largest absolute Gasteiger partial charge is 0.478 e. The SMILES string of the molecule is O=C(Nc1ccccc1)Nc1ccc(C(=O)O)c(OS(=O)(=O)c2ccccc2)c1. The zero-order chi connectivity index (χ0) is 20.9. The lowest BCUT2D eigenvalue weighted by Gasteiger charge is -2.12. The zero-order valence-electron chi connectivity index (χ0n) is 14.9. The summed E-state index contributed by atoms with van der Waals surface area (Å²) in [4.78, 5) is 23.4. The number of anilines is 2. The van der Waals surface area contributed by atoms with E-state index in [-0.39, 0.29) is 16.1 Å². The minimum absolute atomic E-state index is 0.128. The van der Waals surface area contributed by atoms with Gasteiger partial charge < -0.3 is 19.9 Å². The van der Waals surface area contributed by atoms with Gasteiger partial charge >= 0.3 is 22.1 Å². The van der Waals surface area contributed by atoms with Gasteiger partial charge in [-0.3, -0.25) is 0 Å². The summed E-state index contributed by atoms with van der Waals surface area (Å²) in [5.74, 6) is -1.79. The van der Waals surface area contributed by atoms with Gasteiger partial charge in [-0.05, 0) is 36.4 Å². The van der Waals surface area contributed by atoms with Crippen molar-refractivity contribution < 1.29 is 27.3 Å². The van der Waals surface area contributed by atoms with E-state index in [0.717, 1.165) is 12.1 Å². The number of amides is 2. The average Bonchev–Trinajstić information content (AvgIpc) is 2.69. The molecule has 0 heterocycles. The topological polar surface area (TPSA) is 122 Å². The molecule has 0 atom stereocenters. The number of urea groups is 1. The van der Waals surface area contributed by atoms with Gasteiger partial charge in [-0.15, -0.1) is 0 Å². The molecule has 3 rings (SSSR count). The number of carbonyl (C=O) groups is 2. The van der Waals surface area contributed by atoms with Crippen molar-refractivity contribution in [3.8, 4) is 5.75 Å². The van der Waals surface area contributed by atoms with Gasteiger partial charge in [0.25, 0.3) is 0 Å². The van der Waals surface area contributed by atoms with Gasteiger partial charge in [0.1, 0.15) is 10.5 Å². The van der Waals surface area contributed by atoms with Crippen LogP contribution in [0.1, 0.15) is 10.4 Å². The fraction of sp³-hybridized carbons (Fsp3) is 0. The molecule has 2 amide bonds. The Morgan fingerprint density at radius 2 is 1.38 bits per heavy atom. The summed E-state index contributed by atoms with van der Waals surface area (Å²) in [6, 6.07) is 19.0. The van der Waals surface area contributed by atoms with Crippen molar-refractivity contribution in [2.45, 2.75) is 4.90 Å². The quantitative estimate of drug-likeness (QED) is 0.530. The summed E-state index contributed by atoms with van der Waals surface area (Å²) in [6.45, 7) is 0. The minimum atomic E-state index is -4.25. The molecule has 0 aliphatic carbocycles. The predicted octanol–water partition coefficient (Wildman–Crippen LogP) is 3.80. The van der Waals surface area contributed by atoms with E-state index in [2.05, 4.69) is 10.6 Å². The summed E-state index contributed by atoms with van der Waals surface area (Å²) in [6.07, 6.45) is 0. The monoisotopic (exact) mass is 412 g/mol. The van der Waals surface area contributed by atoms with Crippen molar-refractivity contribution in [1.29, 1.82) is 0 Å². The van der Waals surface area contributed by atoms with Crippen molar-refractivity contribution >= 4 is 33.5 Å². The lowest BCUT2D eigenvalue weighted by atomic mass is 10.2. The third-order valence-electron chi connectivity index (χ3n) is 3.73. The molecule has 9 heteroatoms. The van der Waals surface area contributed by atoms with Gasteiger partial charge in [0, 0.05) is 17.4 Å². The molecule has 29 heavy (non-hydrogen) atoms. The summed E-state index contributed by atoms with van der Waals surface area (Å²) in [7, 11) is -4.25. The number of carboxylic acids is 1. The van der Waals surface area contributed by atoms with Crippen LogP contribution >= 0.6 is 0 Å². The van der Waals surface area contributed by atoms with E-state index in [1.165, 1.54) is 30.3 Å². The van der Waals surface area contributed by atoms with E-state index in [9.17, 15) is 23.1 Å². The van der Waals surface area contributed by atoms with E-state index in [4.69, 9.17) is 4.18 Å². The zero-order valence-corrected chi connectivity index (χ0v) is 15.7. The molecule has 0 aromatic heterocycles. The molecule has 0 spiro atoms. The number of aromatic carboxylic acids is 1. The molecule has 3 N–H and O–H groups in total. The molecule has 148 valence electrons. The van der Waals surface area contributed by atoms with Gasteiger partial charge in [0.2, 0.25) is 0 Å². The van der Waals surface area contributed by atoms with Crippen LogP contribution in [-0.4, -0.2) is 25.5 Å². The van der Waals surface area contributed by atoms with Crippen LogP contribution in [0.4, 0.5) is 16.2 Å². The second kappa shape index (κ2) is 8.44. The first-order valence-corrected chi connectivity index (χ1v) is 9.76. The molecule has 3 aromatic carbocycles. The Morgan fingerprint density at radius 1 is 0.793 bits per heavy atom. The lowest BCUT2D eigenvalue weighted by molar-refractivity contribution is 0.0695. The summed E-state index contributed by atoms with van der Waals surface area (Å²) < 4.78 is 29.9. The molecule has 0 saturated carbocycles. The summed E-state index contributed by atoms with van der Waals surface area (Å²) in [5, 5.41) is 14.4. The Morgan fingerprint density at radius 3 is 2.00 bits per heavy atom. The van der Waals surface area contributed by atoms with E-state index < -0.39 is 27.9 Å². The summed E-state index contributed by atoms with van der Waals surface area (Å²) >= 11 is 0. The second-order valence-corrected chi connectivity index (χ2v) is 7.36. The van der Waals surface area contributed by atoms with Crippen LogP contribution in [0.5, 0.6) is 5.75 Å². The number of benzene rings is 3. The van der Waals surface area contributed by atoms with Gasteiger partial charge in [0.15, 0.2) is 5.75 Å². The maximum atomic E-state index is 12.4. The number of hydrogen-bond donors (Lipinski definition) is 3. The van der Waals surface area contributed by atoms with Crippen LogP contribution < -0.4 is 14.8 Å². The number of nitrogens with one attached hydrogen (secondary N) is 2. The van der Waals surface area contributed by atoms with Crippen molar-refractivity contribution in [3.05, 3.63) is 84.4 Å². The van der Waals surface area contributed by atoms with E-state index in [0.29, 0.717) is 5.69 Å².